The minimum absolute atomic E-state index is 0.0533. The summed E-state index contributed by atoms with van der Waals surface area (Å²) in [5.41, 5.74) is 4.18. The maximum Gasteiger partial charge on any atom is 0.282 e. The van der Waals surface area contributed by atoms with Gasteiger partial charge >= 0.3 is 0 Å². The molecule has 3 aromatic rings. The summed E-state index contributed by atoms with van der Waals surface area (Å²) in [4.78, 5) is 0.283. The molecular weight excluding hydrogens is 516 g/mol. The van der Waals surface area contributed by atoms with E-state index in [4.69, 9.17) is 0 Å². The first-order valence-corrected chi connectivity index (χ1v) is 15.6. The van der Waals surface area contributed by atoms with E-state index in [9.17, 15) is 16.8 Å². The van der Waals surface area contributed by atoms with Crippen LogP contribution in [0.2, 0.25) is 0 Å². The average Bonchev–Trinajstić information content (AvgIpc) is 2.91. The van der Waals surface area contributed by atoms with Gasteiger partial charge in [-0.2, -0.15) is 25.6 Å². The summed E-state index contributed by atoms with van der Waals surface area (Å²) in [6.07, 6.45) is 6.07. The van der Waals surface area contributed by atoms with Crippen LogP contribution in [0.25, 0.3) is 0 Å². The molecule has 0 saturated heterocycles. The third-order valence-electron chi connectivity index (χ3n) is 7.93. The lowest BCUT2D eigenvalue weighted by molar-refractivity contribution is 0.226. The summed E-state index contributed by atoms with van der Waals surface area (Å²) in [6, 6.07) is 20.7. The molecule has 8 heteroatoms. The van der Waals surface area contributed by atoms with Crippen LogP contribution in [0.4, 0.5) is 0 Å². The fraction of sp³-hybridized carbons (Fsp3) is 0.267. The zero-order valence-electron chi connectivity index (χ0n) is 21.2. The molecule has 3 aromatic carbocycles. The lowest BCUT2D eigenvalue weighted by Gasteiger charge is -2.48. The van der Waals surface area contributed by atoms with E-state index in [1.807, 2.05) is 38.1 Å². The molecule has 38 heavy (non-hydrogen) atoms. The van der Waals surface area contributed by atoms with E-state index in [0.717, 1.165) is 24.0 Å². The van der Waals surface area contributed by atoms with Gasteiger partial charge in [0.05, 0.1) is 21.2 Å². The second-order valence-corrected chi connectivity index (χ2v) is 13.6. The van der Waals surface area contributed by atoms with Crippen molar-refractivity contribution in [1.82, 2.24) is 0 Å². The molecule has 1 saturated carbocycles. The average molecular weight is 545 g/mol. The Hall–Kier alpha value is -3.36. The van der Waals surface area contributed by atoms with E-state index in [1.165, 1.54) is 0 Å². The second-order valence-electron chi connectivity index (χ2n) is 10.4. The normalized spacial score (nSPS) is 26.4. The number of benzene rings is 3. The highest BCUT2D eigenvalue weighted by Crippen LogP contribution is 2.51. The van der Waals surface area contributed by atoms with Gasteiger partial charge in [0, 0.05) is 23.0 Å². The van der Waals surface area contributed by atoms with Gasteiger partial charge in [-0.25, -0.2) is 0 Å². The highest BCUT2D eigenvalue weighted by molar-refractivity contribution is 7.90. The molecule has 0 spiro atoms. The Balaban J connectivity index is 1.57. The van der Waals surface area contributed by atoms with E-state index in [-0.39, 0.29) is 33.5 Å². The Labute approximate surface area is 224 Å². The maximum absolute atomic E-state index is 13.5. The maximum atomic E-state index is 13.5. The van der Waals surface area contributed by atoms with Gasteiger partial charge in [0.15, 0.2) is 0 Å². The summed E-state index contributed by atoms with van der Waals surface area (Å²) in [6.45, 7) is 3.81. The van der Waals surface area contributed by atoms with Crippen molar-refractivity contribution < 1.29 is 16.8 Å². The van der Waals surface area contributed by atoms with Crippen LogP contribution >= 0.6 is 0 Å². The first kappa shape index (κ1) is 24.9. The number of rotatable bonds is 4. The number of hydrogen-bond donors (Lipinski definition) is 0. The molecular formula is C30H28N2O4S2. The van der Waals surface area contributed by atoms with Gasteiger partial charge < -0.3 is 0 Å². The molecule has 0 heterocycles. The van der Waals surface area contributed by atoms with Crippen molar-refractivity contribution >= 4 is 31.5 Å². The minimum Gasteiger partial charge on any atom is -0.199 e. The lowest BCUT2D eigenvalue weighted by atomic mass is 9.55. The van der Waals surface area contributed by atoms with Crippen LogP contribution in [0.5, 0.6) is 0 Å². The number of fused-ring (bicyclic) bond motifs is 2. The van der Waals surface area contributed by atoms with Crippen molar-refractivity contribution in [2.75, 3.05) is 0 Å². The van der Waals surface area contributed by atoms with Gasteiger partial charge in [0.1, 0.15) is 0 Å². The molecule has 0 radical (unpaired) electrons. The standard InChI is InChI=1S/C30H28N2O4S2/c1-19-7-15-23(16-8-19)37(33,34)31-29-25-5-3-4-6-26(25)30(28-22-13-11-21(12-14-22)27(28)29)32-38(35,36)24-17-9-20(2)10-18-24/h3-11,13,15-18,21-22,27-28H,12,14H2,1-2H3/t21-,22-,27-,28-/m0/s1. The van der Waals surface area contributed by atoms with E-state index in [2.05, 4.69) is 20.9 Å². The topological polar surface area (TPSA) is 93.0 Å². The predicted molar refractivity (Wildman–Crippen MR) is 149 cm³/mol. The number of allylic oxidation sites excluding steroid dienone is 2. The van der Waals surface area contributed by atoms with Gasteiger partial charge in [-0.05, 0) is 62.8 Å². The minimum atomic E-state index is -3.98. The van der Waals surface area contributed by atoms with Crippen molar-refractivity contribution in [3.63, 3.8) is 0 Å². The van der Waals surface area contributed by atoms with Crippen LogP contribution in [0.15, 0.2) is 104 Å². The largest absolute Gasteiger partial charge is 0.282 e. The highest BCUT2D eigenvalue weighted by atomic mass is 32.2. The third-order valence-corrected chi connectivity index (χ3v) is 10.5. The molecule has 0 aliphatic heterocycles. The van der Waals surface area contributed by atoms with Gasteiger partial charge in [0.2, 0.25) is 0 Å². The molecule has 0 N–H and O–H groups in total. The van der Waals surface area contributed by atoms with E-state index in [1.54, 1.807) is 48.5 Å². The van der Waals surface area contributed by atoms with Crippen LogP contribution < -0.4 is 0 Å². The van der Waals surface area contributed by atoms with Crippen molar-refractivity contribution in [2.45, 2.75) is 36.5 Å². The molecule has 4 aliphatic rings. The summed E-state index contributed by atoms with van der Waals surface area (Å²) in [5.74, 6) is -0.447. The first-order chi connectivity index (χ1) is 18.1. The molecule has 1 fully saturated rings. The molecule has 2 bridgehead atoms. The zero-order chi connectivity index (χ0) is 26.7. The summed E-state index contributed by atoms with van der Waals surface area (Å²) in [7, 11) is -7.96. The fourth-order valence-electron chi connectivity index (χ4n) is 6.03. The fourth-order valence-corrected chi connectivity index (χ4v) is 8.16. The predicted octanol–water partition coefficient (Wildman–Crippen LogP) is 5.50. The Kier molecular flexibility index (Phi) is 6.00. The number of hydrogen-bond acceptors (Lipinski definition) is 4. The van der Waals surface area contributed by atoms with Crippen molar-refractivity contribution in [1.29, 1.82) is 0 Å². The molecule has 4 aliphatic carbocycles. The van der Waals surface area contributed by atoms with E-state index < -0.39 is 20.0 Å². The molecule has 194 valence electrons. The highest BCUT2D eigenvalue weighted by Gasteiger charge is 2.50. The van der Waals surface area contributed by atoms with E-state index in [0.29, 0.717) is 22.6 Å². The molecule has 6 nitrogen and oxygen atoms in total. The Bertz CT molecular complexity index is 1590. The van der Waals surface area contributed by atoms with Crippen molar-refractivity contribution in [3.8, 4) is 0 Å². The Morgan fingerprint density at radius 3 is 1.29 bits per heavy atom. The molecule has 7 rings (SSSR count). The quantitative estimate of drug-likeness (QED) is 0.405. The summed E-state index contributed by atoms with van der Waals surface area (Å²) in [5, 5.41) is 0. The lowest BCUT2D eigenvalue weighted by Crippen LogP contribution is -2.49. The monoisotopic (exact) mass is 544 g/mol. The first-order valence-electron chi connectivity index (χ1n) is 12.8. The Morgan fingerprint density at radius 1 is 0.579 bits per heavy atom. The van der Waals surface area contributed by atoms with Crippen molar-refractivity contribution in [3.05, 3.63) is 107 Å². The van der Waals surface area contributed by atoms with Crippen LogP contribution in [-0.2, 0) is 20.0 Å². The van der Waals surface area contributed by atoms with Crippen LogP contribution in [0.3, 0.4) is 0 Å². The van der Waals surface area contributed by atoms with E-state index >= 15 is 0 Å². The van der Waals surface area contributed by atoms with Crippen LogP contribution in [0, 0.1) is 37.5 Å². The zero-order valence-corrected chi connectivity index (χ0v) is 22.8. The van der Waals surface area contributed by atoms with Gasteiger partial charge in [-0.15, -0.1) is 0 Å². The molecule has 0 amide bonds. The number of sulfonamides is 2. The number of aryl methyl sites for hydroxylation is 2. The SMILES string of the molecule is Cc1ccc(S(=O)(=O)N=C2c3ccccc3C(=NS(=O)(=O)c3ccc(C)cc3)[C@@H]3[C@@H]2[C@H]2C=C[C@H]3CC2)cc1. The van der Waals surface area contributed by atoms with Crippen molar-refractivity contribution in [2.24, 2.45) is 32.5 Å². The smallest absolute Gasteiger partial charge is 0.199 e. The van der Waals surface area contributed by atoms with Gasteiger partial charge in [-0.1, -0.05) is 71.8 Å². The van der Waals surface area contributed by atoms with Crippen LogP contribution in [-0.4, -0.2) is 28.3 Å². The molecule has 0 aromatic heterocycles. The van der Waals surface area contributed by atoms with Crippen LogP contribution in [0.1, 0.15) is 35.1 Å². The number of nitrogens with zero attached hydrogens (tertiary/aromatic N) is 2. The van der Waals surface area contributed by atoms with Gasteiger partial charge in [0.25, 0.3) is 20.0 Å². The summed E-state index contributed by atoms with van der Waals surface area (Å²) >= 11 is 0. The Morgan fingerprint density at radius 2 is 0.947 bits per heavy atom. The third kappa shape index (κ3) is 4.25. The second kappa shape index (κ2) is 9.13. The summed E-state index contributed by atoms with van der Waals surface area (Å²) < 4.78 is 62.9. The molecule has 0 unspecified atom stereocenters. The molecule has 4 atom stereocenters. The van der Waals surface area contributed by atoms with Gasteiger partial charge in [-0.3, -0.25) is 0 Å².